The van der Waals surface area contributed by atoms with Crippen LogP contribution in [0.3, 0.4) is 0 Å². The van der Waals surface area contributed by atoms with E-state index in [1.807, 2.05) is 0 Å². The molecule has 0 bridgehead atoms. The van der Waals surface area contributed by atoms with Crippen LogP contribution >= 0.6 is 39.1 Å². The van der Waals surface area contributed by atoms with Crippen molar-refractivity contribution in [3.05, 3.63) is 32.3 Å². The Balaban J connectivity index is 2.81. The summed E-state index contributed by atoms with van der Waals surface area (Å²) in [6.45, 7) is 0.407. The molecule has 0 radical (unpaired) electrons. The molecule has 0 saturated carbocycles. The number of hydrogen-bond donors (Lipinski definition) is 0. The molecule has 0 N–H and O–H groups in total. The van der Waals surface area contributed by atoms with E-state index in [4.69, 9.17) is 27.9 Å². The van der Waals surface area contributed by atoms with Gasteiger partial charge in [0.2, 0.25) is 0 Å². The average Bonchev–Trinajstić information content (AvgIpc) is 2.28. The highest BCUT2D eigenvalue weighted by atomic mass is 79.9. The van der Waals surface area contributed by atoms with Gasteiger partial charge in [0.05, 0.1) is 21.6 Å². The third kappa shape index (κ3) is 4.33. The molecule has 0 saturated heterocycles. The van der Waals surface area contributed by atoms with E-state index in [9.17, 15) is 10.1 Å². The van der Waals surface area contributed by atoms with Crippen LogP contribution in [0.5, 0.6) is 5.75 Å². The number of ether oxygens (including phenoxy) is 1. The minimum absolute atomic E-state index is 0.145. The zero-order valence-electron chi connectivity index (χ0n) is 8.79. The van der Waals surface area contributed by atoms with Gasteiger partial charge in [-0.3, -0.25) is 10.1 Å². The van der Waals surface area contributed by atoms with Gasteiger partial charge < -0.3 is 4.74 Å². The van der Waals surface area contributed by atoms with Crippen LogP contribution in [0.1, 0.15) is 12.8 Å². The van der Waals surface area contributed by atoms with Crippen molar-refractivity contribution in [2.45, 2.75) is 12.8 Å². The summed E-state index contributed by atoms with van der Waals surface area (Å²) in [6.07, 6.45) is 1.75. The first-order chi connectivity index (χ1) is 8.06. The van der Waals surface area contributed by atoms with Gasteiger partial charge in [0.1, 0.15) is 0 Å². The first-order valence-corrected chi connectivity index (χ1v) is 6.76. The van der Waals surface area contributed by atoms with Gasteiger partial charge in [-0.2, -0.15) is 0 Å². The average molecular weight is 343 g/mol. The maximum Gasteiger partial charge on any atom is 0.312 e. The summed E-state index contributed by atoms with van der Waals surface area (Å²) in [5.74, 6) is 0.152. The van der Waals surface area contributed by atoms with E-state index in [-0.39, 0.29) is 21.5 Å². The second kappa shape index (κ2) is 7.03. The molecule has 17 heavy (non-hydrogen) atoms. The Hall–Kier alpha value is -0.520. The van der Waals surface area contributed by atoms with Crippen molar-refractivity contribution in [2.24, 2.45) is 0 Å². The molecule has 0 amide bonds. The molecular formula is C10H10BrCl2NO3. The van der Waals surface area contributed by atoms with Crippen LogP contribution < -0.4 is 4.74 Å². The van der Waals surface area contributed by atoms with Gasteiger partial charge in [0, 0.05) is 17.5 Å². The molecule has 1 rings (SSSR count). The van der Waals surface area contributed by atoms with Gasteiger partial charge in [0.25, 0.3) is 0 Å². The number of nitrogens with zero attached hydrogens (tertiary/aromatic N) is 1. The number of benzene rings is 1. The maximum atomic E-state index is 10.8. The van der Waals surface area contributed by atoms with Crippen LogP contribution in [0, 0.1) is 10.1 Å². The second-order valence-electron chi connectivity index (χ2n) is 3.24. The summed E-state index contributed by atoms with van der Waals surface area (Å²) in [4.78, 5) is 10.3. The zero-order chi connectivity index (χ0) is 12.8. The monoisotopic (exact) mass is 341 g/mol. The lowest BCUT2D eigenvalue weighted by Crippen LogP contribution is -2.01. The Morgan fingerprint density at radius 1 is 1.29 bits per heavy atom. The molecular weight excluding hydrogens is 333 g/mol. The van der Waals surface area contributed by atoms with Crippen LogP contribution in [0.15, 0.2) is 12.1 Å². The van der Waals surface area contributed by atoms with Crippen molar-refractivity contribution in [1.29, 1.82) is 0 Å². The molecule has 1 aromatic rings. The predicted octanol–water partition coefficient (Wildman–Crippen LogP) is 4.46. The van der Waals surface area contributed by atoms with Gasteiger partial charge in [-0.25, -0.2) is 0 Å². The van der Waals surface area contributed by atoms with E-state index in [0.717, 1.165) is 18.2 Å². The topological polar surface area (TPSA) is 52.4 Å². The Morgan fingerprint density at radius 2 is 1.94 bits per heavy atom. The summed E-state index contributed by atoms with van der Waals surface area (Å²) in [5.41, 5.74) is -0.168. The fraction of sp³-hybridized carbons (Fsp3) is 0.400. The first kappa shape index (κ1) is 14.5. The molecule has 0 aliphatic carbocycles. The highest BCUT2D eigenvalue weighted by molar-refractivity contribution is 9.09. The van der Waals surface area contributed by atoms with Gasteiger partial charge >= 0.3 is 5.69 Å². The van der Waals surface area contributed by atoms with Gasteiger partial charge in [-0.05, 0) is 12.8 Å². The molecule has 0 heterocycles. The second-order valence-corrected chi connectivity index (χ2v) is 4.84. The van der Waals surface area contributed by atoms with E-state index in [1.54, 1.807) is 0 Å². The highest BCUT2D eigenvalue weighted by Gasteiger charge is 2.18. The predicted molar refractivity (Wildman–Crippen MR) is 71.6 cm³/mol. The fourth-order valence-electron chi connectivity index (χ4n) is 1.16. The first-order valence-electron chi connectivity index (χ1n) is 4.88. The largest absolute Gasteiger partial charge is 0.487 e. The van der Waals surface area contributed by atoms with Crippen LogP contribution in [-0.2, 0) is 0 Å². The lowest BCUT2D eigenvalue weighted by molar-refractivity contribution is -0.385. The minimum atomic E-state index is -0.540. The Labute approximate surface area is 117 Å². The molecule has 7 heteroatoms. The van der Waals surface area contributed by atoms with Crippen LogP contribution in [0.4, 0.5) is 5.69 Å². The van der Waals surface area contributed by atoms with Crippen molar-refractivity contribution in [2.75, 3.05) is 11.9 Å². The summed E-state index contributed by atoms with van der Waals surface area (Å²) >= 11 is 14.8. The van der Waals surface area contributed by atoms with Gasteiger partial charge in [-0.1, -0.05) is 39.1 Å². The van der Waals surface area contributed by atoms with E-state index in [1.165, 1.54) is 12.1 Å². The van der Waals surface area contributed by atoms with Crippen molar-refractivity contribution < 1.29 is 9.66 Å². The van der Waals surface area contributed by atoms with Crippen molar-refractivity contribution in [3.8, 4) is 5.75 Å². The quantitative estimate of drug-likeness (QED) is 0.332. The Bertz CT molecular complexity index is 415. The summed E-state index contributed by atoms with van der Waals surface area (Å²) < 4.78 is 5.33. The number of nitro groups is 1. The summed E-state index contributed by atoms with van der Waals surface area (Å²) in [7, 11) is 0. The number of nitro benzene ring substituents is 1. The normalized spacial score (nSPS) is 10.3. The van der Waals surface area contributed by atoms with E-state index < -0.39 is 4.92 Å². The molecule has 0 aromatic heterocycles. The molecule has 1 aromatic carbocycles. The third-order valence-corrected chi connectivity index (χ3v) is 3.27. The van der Waals surface area contributed by atoms with Gasteiger partial charge in [-0.15, -0.1) is 0 Å². The van der Waals surface area contributed by atoms with E-state index in [2.05, 4.69) is 15.9 Å². The van der Waals surface area contributed by atoms with E-state index >= 15 is 0 Å². The molecule has 94 valence electrons. The Kier molecular flexibility index (Phi) is 6.02. The van der Waals surface area contributed by atoms with Crippen molar-refractivity contribution in [3.63, 3.8) is 0 Å². The van der Waals surface area contributed by atoms with E-state index in [0.29, 0.717) is 6.61 Å². The molecule has 0 spiro atoms. The van der Waals surface area contributed by atoms with Gasteiger partial charge in [0.15, 0.2) is 5.75 Å². The lowest BCUT2D eigenvalue weighted by atomic mass is 10.3. The Morgan fingerprint density at radius 3 is 2.53 bits per heavy atom. The molecule has 0 aliphatic heterocycles. The summed E-state index contributed by atoms with van der Waals surface area (Å²) in [6, 6.07) is 2.57. The standard InChI is InChI=1S/C10H10BrCl2NO3/c11-3-1-2-4-17-10-6-8(13)7(12)5-9(10)14(15)16/h5-6H,1-4H2. The minimum Gasteiger partial charge on any atom is -0.487 e. The third-order valence-electron chi connectivity index (χ3n) is 1.98. The fourth-order valence-corrected chi connectivity index (χ4v) is 1.86. The van der Waals surface area contributed by atoms with Crippen LogP contribution in [0.25, 0.3) is 0 Å². The molecule has 0 aliphatic rings. The number of alkyl halides is 1. The SMILES string of the molecule is O=[N+]([O-])c1cc(Cl)c(Cl)cc1OCCCCBr. The van der Waals surface area contributed by atoms with Crippen LogP contribution in [-0.4, -0.2) is 16.9 Å². The molecule has 0 fully saturated rings. The number of unbranched alkanes of at least 4 members (excludes halogenated alkanes) is 1. The van der Waals surface area contributed by atoms with Crippen LogP contribution in [0.2, 0.25) is 10.0 Å². The van der Waals surface area contributed by atoms with Crippen molar-refractivity contribution >= 4 is 44.8 Å². The number of hydrogen-bond acceptors (Lipinski definition) is 3. The molecule has 4 nitrogen and oxygen atoms in total. The highest BCUT2D eigenvalue weighted by Crippen LogP contribution is 2.35. The molecule has 0 unspecified atom stereocenters. The zero-order valence-corrected chi connectivity index (χ0v) is 11.9. The lowest BCUT2D eigenvalue weighted by Gasteiger charge is -2.07. The number of rotatable bonds is 6. The maximum absolute atomic E-state index is 10.8. The molecule has 0 atom stereocenters. The van der Waals surface area contributed by atoms with Crippen molar-refractivity contribution in [1.82, 2.24) is 0 Å². The summed E-state index contributed by atoms with van der Waals surface area (Å²) in [5, 5.41) is 12.1. The number of halogens is 3. The smallest absolute Gasteiger partial charge is 0.312 e.